The Morgan fingerprint density at radius 2 is 2.18 bits per heavy atom. The van der Waals surface area contributed by atoms with Crippen molar-refractivity contribution >= 4 is 22.7 Å². The minimum absolute atomic E-state index is 0.105. The Morgan fingerprint density at radius 1 is 1.45 bits per heavy atom. The van der Waals surface area contributed by atoms with Crippen molar-refractivity contribution in [1.29, 1.82) is 0 Å². The number of rotatable bonds is 5. The maximum Gasteiger partial charge on any atom is 0.345 e. The van der Waals surface area contributed by atoms with Gasteiger partial charge in [-0.2, -0.15) is 0 Å². The number of nitrogens with zero attached hydrogens (tertiary/aromatic N) is 2. The van der Waals surface area contributed by atoms with Gasteiger partial charge in [0.2, 0.25) is 0 Å². The van der Waals surface area contributed by atoms with Gasteiger partial charge in [0.25, 0.3) is 5.56 Å². The Balaban J connectivity index is 2.70. The number of hydrogen-bond acceptors (Lipinski definition) is 5. The van der Waals surface area contributed by atoms with Crippen molar-refractivity contribution in [3.63, 3.8) is 0 Å². The van der Waals surface area contributed by atoms with Crippen LogP contribution in [0.1, 0.15) is 37.6 Å². The highest BCUT2D eigenvalue weighted by Gasteiger charge is 2.22. The van der Waals surface area contributed by atoms with Crippen LogP contribution in [0.15, 0.2) is 23.1 Å². The number of aromatic nitrogens is 2. The topological polar surface area (TPSA) is 87.2 Å². The largest absolute Gasteiger partial charge is 0.462 e. The highest BCUT2D eigenvalue weighted by Crippen LogP contribution is 2.21. The molecule has 0 aliphatic carbocycles. The first-order valence-corrected chi connectivity index (χ1v) is 7.41. The molecular weight excluding hydrogens is 282 g/mol. The molecule has 0 bridgehead atoms. The monoisotopic (exact) mass is 303 g/mol. The Kier molecular flexibility index (Phi) is 4.80. The van der Waals surface area contributed by atoms with Gasteiger partial charge in [-0.25, -0.2) is 9.78 Å². The standard InChI is InChI=1S/C16H21N3O3/c1-4-22-16(21)12-13(17)11-6-5-8-18-14(11)19(15(12)20)9-7-10(2)3/h5-6,8,10H,4,7,9,17H2,1-3H3. The van der Waals surface area contributed by atoms with Crippen LogP contribution in [0.3, 0.4) is 0 Å². The zero-order valence-corrected chi connectivity index (χ0v) is 13.1. The first-order valence-electron chi connectivity index (χ1n) is 7.41. The third kappa shape index (κ3) is 2.95. The molecule has 0 aliphatic heterocycles. The molecule has 0 amide bonds. The molecule has 22 heavy (non-hydrogen) atoms. The van der Waals surface area contributed by atoms with E-state index in [0.29, 0.717) is 23.5 Å². The molecule has 2 aromatic heterocycles. The van der Waals surface area contributed by atoms with Gasteiger partial charge in [-0.15, -0.1) is 0 Å². The Hall–Kier alpha value is -2.37. The van der Waals surface area contributed by atoms with Gasteiger partial charge in [0.15, 0.2) is 0 Å². The molecule has 2 rings (SSSR count). The molecule has 6 nitrogen and oxygen atoms in total. The summed E-state index contributed by atoms with van der Waals surface area (Å²) >= 11 is 0. The maximum absolute atomic E-state index is 12.7. The van der Waals surface area contributed by atoms with E-state index in [0.717, 1.165) is 6.42 Å². The molecule has 2 heterocycles. The fourth-order valence-corrected chi connectivity index (χ4v) is 2.30. The predicted molar refractivity (Wildman–Crippen MR) is 85.8 cm³/mol. The van der Waals surface area contributed by atoms with E-state index in [4.69, 9.17) is 10.5 Å². The SMILES string of the molecule is CCOC(=O)c1c(N)c2cccnc2n(CCC(C)C)c1=O. The Bertz CT molecular complexity index is 750. The number of nitrogens with two attached hydrogens (primary N) is 1. The van der Waals surface area contributed by atoms with Gasteiger partial charge in [0, 0.05) is 18.1 Å². The number of esters is 1. The molecule has 0 radical (unpaired) electrons. The number of carbonyl (C=O) groups excluding carboxylic acids is 1. The van der Waals surface area contributed by atoms with Crippen molar-refractivity contribution in [2.75, 3.05) is 12.3 Å². The molecule has 2 aromatic rings. The number of nitrogen functional groups attached to an aromatic ring is 1. The van der Waals surface area contributed by atoms with E-state index >= 15 is 0 Å². The van der Waals surface area contributed by atoms with E-state index in [2.05, 4.69) is 18.8 Å². The van der Waals surface area contributed by atoms with Gasteiger partial charge < -0.3 is 10.5 Å². The van der Waals surface area contributed by atoms with Gasteiger partial charge in [-0.3, -0.25) is 9.36 Å². The van der Waals surface area contributed by atoms with Crippen molar-refractivity contribution in [3.05, 3.63) is 34.2 Å². The van der Waals surface area contributed by atoms with Crippen LogP contribution in [0.25, 0.3) is 11.0 Å². The van der Waals surface area contributed by atoms with Gasteiger partial charge >= 0.3 is 5.97 Å². The lowest BCUT2D eigenvalue weighted by Gasteiger charge is -2.15. The Morgan fingerprint density at radius 3 is 2.82 bits per heavy atom. The summed E-state index contributed by atoms with van der Waals surface area (Å²) in [5.41, 5.74) is 6.10. The molecular formula is C16H21N3O3. The van der Waals surface area contributed by atoms with E-state index in [1.54, 1.807) is 25.3 Å². The van der Waals surface area contributed by atoms with Crippen LogP contribution in [-0.2, 0) is 11.3 Å². The van der Waals surface area contributed by atoms with Crippen LogP contribution in [0.2, 0.25) is 0 Å². The number of hydrogen-bond donors (Lipinski definition) is 1. The summed E-state index contributed by atoms with van der Waals surface area (Å²) in [6.07, 6.45) is 2.41. The van der Waals surface area contributed by atoms with Crippen LogP contribution in [0.4, 0.5) is 5.69 Å². The minimum atomic E-state index is -0.686. The highest BCUT2D eigenvalue weighted by molar-refractivity contribution is 6.03. The highest BCUT2D eigenvalue weighted by atomic mass is 16.5. The van der Waals surface area contributed by atoms with Crippen molar-refractivity contribution in [2.45, 2.75) is 33.7 Å². The van der Waals surface area contributed by atoms with Crippen LogP contribution in [0.5, 0.6) is 0 Å². The number of carbonyl (C=O) groups is 1. The second kappa shape index (κ2) is 6.60. The quantitative estimate of drug-likeness (QED) is 0.856. The lowest BCUT2D eigenvalue weighted by molar-refractivity contribution is 0.0525. The lowest BCUT2D eigenvalue weighted by Crippen LogP contribution is -2.30. The summed E-state index contributed by atoms with van der Waals surface area (Å²) < 4.78 is 6.48. The molecule has 0 unspecified atom stereocenters. The van der Waals surface area contributed by atoms with Gasteiger partial charge in [0.1, 0.15) is 11.2 Å². The van der Waals surface area contributed by atoms with Crippen LogP contribution < -0.4 is 11.3 Å². The molecule has 118 valence electrons. The molecule has 0 aromatic carbocycles. The van der Waals surface area contributed by atoms with E-state index in [1.165, 1.54) is 4.57 Å². The lowest BCUT2D eigenvalue weighted by atomic mass is 10.1. The van der Waals surface area contributed by atoms with E-state index < -0.39 is 11.5 Å². The summed E-state index contributed by atoms with van der Waals surface area (Å²) in [6, 6.07) is 3.48. The predicted octanol–water partition coefficient (Wildman–Crippen LogP) is 2.20. The summed E-state index contributed by atoms with van der Waals surface area (Å²) in [5.74, 6) is -0.261. The van der Waals surface area contributed by atoms with Gasteiger partial charge in [-0.1, -0.05) is 13.8 Å². The maximum atomic E-state index is 12.7. The molecule has 2 N–H and O–H groups in total. The zero-order chi connectivity index (χ0) is 16.3. The van der Waals surface area contributed by atoms with E-state index in [-0.39, 0.29) is 17.9 Å². The second-order valence-electron chi connectivity index (χ2n) is 5.52. The number of aryl methyl sites for hydroxylation is 1. The molecule has 0 saturated heterocycles. The summed E-state index contributed by atoms with van der Waals surface area (Å²) in [6.45, 7) is 6.51. The molecule has 0 spiro atoms. The summed E-state index contributed by atoms with van der Waals surface area (Å²) in [7, 11) is 0. The van der Waals surface area contributed by atoms with Crippen molar-refractivity contribution < 1.29 is 9.53 Å². The molecule has 0 saturated carbocycles. The van der Waals surface area contributed by atoms with Crippen molar-refractivity contribution in [2.24, 2.45) is 5.92 Å². The average molecular weight is 303 g/mol. The molecule has 0 fully saturated rings. The fraction of sp³-hybridized carbons (Fsp3) is 0.438. The fourth-order valence-electron chi connectivity index (χ4n) is 2.30. The first-order chi connectivity index (χ1) is 10.5. The third-order valence-corrected chi connectivity index (χ3v) is 3.47. The first kappa shape index (κ1) is 16.0. The van der Waals surface area contributed by atoms with Crippen molar-refractivity contribution in [1.82, 2.24) is 9.55 Å². The van der Waals surface area contributed by atoms with E-state index in [1.807, 2.05) is 0 Å². The number of fused-ring (bicyclic) bond motifs is 1. The van der Waals surface area contributed by atoms with Crippen LogP contribution >= 0.6 is 0 Å². The Labute approximate surface area is 128 Å². The van der Waals surface area contributed by atoms with Gasteiger partial charge in [0.05, 0.1) is 12.3 Å². The minimum Gasteiger partial charge on any atom is -0.462 e. The van der Waals surface area contributed by atoms with Crippen molar-refractivity contribution in [3.8, 4) is 0 Å². The third-order valence-electron chi connectivity index (χ3n) is 3.47. The summed E-state index contributed by atoms with van der Waals surface area (Å²) in [5, 5.41) is 0.592. The number of ether oxygens (including phenoxy) is 1. The second-order valence-corrected chi connectivity index (χ2v) is 5.52. The zero-order valence-electron chi connectivity index (χ0n) is 13.1. The smallest absolute Gasteiger partial charge is 0.345 e. The number of anilines is 1. The molecule has 0 aliphatic rings. The number of pyridine rings is 2. The van der Waals surface area contributed by atoms with Gasteiger partial charge in [-0.05, 0) is 31.4 Å². The van der Waals surface area contributed by atoms with Crippen LogP contribution in [-0.4, -0.2) is 22.1 Å². The van der Waals surface area contributed by atoms with E-state index in [9.17, 15) is 9.59 Å². The van der Waals surface area contributed by atoms with Crippen LogP contribution in [0, 0.1) is 5.92 Å². The summed E-state index contributed by atoms with van der Waals surface area (Å²) in [4.78, 5) is 29.0. The molecule has 0 atom stereocenters. The molecule has 6 heteroatoms. The average Bonchev–Trinajstić information content (AvgIpc) is 2.47. The normalized spacial score (nSPS) is 11.1.